The number of H-pyrrole nitrogens is 1. The first-order valence-corrected chi connectivity index (χ1v) is 7.02. The summed E-state index contributed by atoms with van der Waals surface area (Å²) in [4.78, 5) is 11.1. The van der Waals surface area contributed by atoms with Crippen LogP contribution in [-0.2, 0) is 6.18 Å². The van der Waals surface area contributed by atoms with Crippen LogP contribution in [-0.4, -0.2) is 11.7 Å². The van der Waals surface area contributed by atoms with E-state index in [1.165, 1.54) is 18.2 Å². The number of piperidine rings is 1. The average molecular weight is 312 g/mol. The fourth-order valence-corrected chi connectivity index (χ4v) is 2.86. The number of aromatic nitrogens is 1. The van der Waals surface area contributed by atoms with E-state index < -0.39 is 11.7 Å². The largest absolute Gasteiger partial charge is 0.416 e. The maximum absolute atomic E-state index is 12.8. The van der Waals surface area contributed by atoms with Gasteiger partial charge in [0, 0.05) is 18.0 Å². The summed E-state index contributed by atoms with van der Waals surface area (Å²) in [5.74, 6) is 0.572. The number of alkyl halides is 3. The van der Waals surface area contributed by atoms with Gasteiger partial charge in [-0.15, -0.1) is 0 Å². The molecule has 2 aromatic rings. The molecule has 22 heavy (non-hydrogen) atoms. The molecule has 0 radical (unpaired) electrons. The number of nitrogens with one attached hydrogen (secondary N) is 2. The molecule has 118 valence electrons. The zero-order valence-corrected chi connectivity index (χ0v) is 11.6. The standard InChI is InChI=1S/C15H15F3N2O2/c16-15(17,18)11-3-1-2-9(6-11)12-7-10(4-5-19-12)13-8-14(21)20-22-13/h1-3,6,8,10,12,19H,4-5,7H2,(H,20,21)/t10-,12+/m1/s1. The molecule has 0 amide bonds. The Labute approximate surface area is 124 Å². The first-order chi connectivity index (χ1) is 10.4. The zero-order chi connectivity index (χ0) is 15.7. The Hall–Kier alpha value is -2.02. The molecule has 1 aliphatic heterocycles. The third-order valence-electron chi connectivity index (χ3n) is 3.97. The third-order valence-corrected chi connectivity index (χ3v) is 3.97. The van der Waals surface area contributed by atoms with Crippen molar-refractivity contribution in [2.45, 2.75) is 31.0 Å². The van der Waals surface area contributed by atoms with Crippen molar-refractivity contribution in [2.24, 2.45) is 0 Å². The van der Waals surface area contributed by atoms with Crippen molar-refractivity contribution in [1.29, 1.82) is 0 Å². The molecule has 0 spiro atoms. The minimum atomic E-state index is -4.35. The lowest BCUT2D eigenvalue weighted by Crippen LogP contribution is -2.31. The van der Waals surface area contributed by atoms with E-state index in [0.717, 1.165) is 12.5 Å². The van der Waals surface area contributed by atoms with E-state index >= 15 is 0 Å². The smallest absolute Gasteiger partial charge is 0.383 e. The highest BCUT2D eigenvalue weighted by Gasteiger charge is 2.32. The summed E-state index contributed by atoms with van der Waals surface area (Å²) in [6.45, 7) is 0.653. The van der Waals surface area contributed by atoms with Crippen LogP contribution < -0.4 is 10.9 Å². The summed E-state index contributed by atoms with van der Waals surface area (Å²) in [6, 6.07) is 6.55. The van der Waals surface area contributed by atoms with E-state index in [0.29, 0.717) is 24.3 Å². The Morgan fingerprint density at radius 1 is 1.23 bits per heavy atom. The van der Waals surface area contributed by atoms with E-state index in [9.17, 15) is 18.0 Å². The van der Waals surface area contributed by atoms with Crippen molar-refractivity contribution in [3.63, 3.8) is 0 Å². The second-order valence-corrected chi connectivity index (χ2v) is 5.47. The maximum atomic E-state index is 12.8. The highest BCUT2D eigenvalue weighted by molar-refractivity contribution is 5.29. The Bertz CT molecular complexity index is 705. The Balaban J connectivity index is 1.81. The van der Waals surface area contributed by atoms with Gasteiger partial charge in [-0.25, -0.2) is 0 Å². The number of hydrogen-bond donors (Lipinski definition) is 2. The molecule has 1 fully saturated rings. The quantitative estimate of drug-likeness (QED) is 0.895. The van der Waals surface area contributed by atoms with Crippen LogP contribution in [0.15, 0.2) is 39.6 Å². The van der Waals surface area contributed by atoms with Crippen LogP contribution >= 0.6 is 0 Å². The van der Waals surface area contributed by atoms with Crippen molar-refractivity contribution in [2.75, 3.05) is 6.54 Å². The molecule has 3 rings (SSSR count). The lowest BCUT2D eigenvalue weighted by atomic mass is 9.87. The molecule has 2 heterocycles. The molecule has 2 N–H and O–H groups in total. The first-order valence-electron chi connectivity index (χ1n) is 7.02. The summed E-state index contributed by atoms with van der Waals surface area (Å²) in [7, 11) is 0. The molecule has 1 aliphatic rings. The minimum Gasteiger partial charge on any atom is -0.383 e. The number of benzene rings is 1. The highest BCUT2D eigenvalue weighted by atomic mass is 19.4. The van der Waals surface area contributed by atoms with Crippen LogP contribution in [0.1, 0.15) is 41.7 Å². The second-order valence-electron chi connectivity index (χ2n) is 5.47. The van der Waals surface area contributed by atoms with Crippen molar-refractivity contribution in [3.05, 3.63) is 57.6 Å². The number of hydrogen-bond acceptors (Lipinski definition) is 3. The fraction of sp³-hybridized carbons (Fsp3) is 0.400. The van der Waals surface area contributed by atoms with Crippen LogP contribution in [0.5, 0.6) is 0 Å². The van der Waals surface area contributed by atoms with E-state index in [4.69, 9.17) is 4.52 Å². The van der Waals surface area contributed by atoms with Crippen molar-refractivity contribution < 1.29 is 17.7 Å². The van der Waals surface area contributed by atoms with Crippen LogP contribution in [0.25, 0.3) is 0 Å². The molecule has 7 heteroatoms. The monoisotopic (exact) mass is 312 g/mol. The lowest BCUT2D eigenvalue weighted by Gasteiger charge is -2.29. The van der Waals surface area contributed by atoms with Gasteiger partial charge in [0.2, 0.25) is 0 Å². The van der Waals surface area contributed by atoms with Crippen LogP contribution in [0.2, 0.25) is 0 Å². The molecule has 1 aromatic carbocycles. The van der Waals surface area contributed by atoms with Gasteiger partial charge in [0.25, 0.3) is 5.56 Å². The van der Waals surface area contributed by atoms with Crippen LogP contribution in [0.4, 0.5) is 13.2 Å². The van der Waals surface area contributed by atoms with Crippen molar-refractivity contribution >= 4 is 0 Å². The molecular weight excluding hydrogens is 297 g/mol. The molecule has 0 unspecified atom stereocenters. The van der Waals surface area contributed by atoms with Crippen molar-refractivity contribution in [1.82, 2.24) is 10.5 Å². The molecule has 4 nitrogen and oxygen atoms in total. The lowest BCUT2D eigenvalue weighted by molar-refractivity contribution is -0.137. The van der Waals surface area contributed by atoms with E-state index in [-0.39, 0.29) is 17.5 Å². The number of rotatable bonds is 2. The summed E-state index contributed by atoms with van der Waals surface area (Å²) < 4.78 is 43.5. The molecule has 2 atom stereocenters. The van der Waals surface area contributed by atoms with Crippen LogP contribution in [0.3, 0.4) is 0 Å². The van der Waals surface area contributed by atoms with Gasteiger partial charge in [0.1, 0.15) is 5.76 Å². The van der Waals surface area contributed by atoms with Gasteiger partial charge in [-0.05, 0) is 37.1 Å². The Morgan fingerprint density at radius 2 is 2.05 bits per heavy atom. The highest BCUT2D eigenvalue weighted by Crippen LogP contribution is 2.36. The average Bonchev–Trinajstić information content (AvgIpc) is 2.93. The van der Waals surface area contributed by atoms with E-state index in [1.54, 1.807) is 6.07 Å². The summed E-state index contributed by atoms with van der Waals surface area (Å²) >= 11 is 0. The second kappa shape index (κ2) is 5.64. The number of halogens is 3. The van der Waals surface area contributed by atoms with Gasteiger partial charge in [-0.2, -0.15) is 18.3 Å². The summed E-state index contributed by atoms with van der Waals surface area (Å²) in [6.07, 6.45) is -2.99. The van der Waals surface area contributed by atoms with E-state index in [1.807, 2.05) is 0 Å². The topological polar surface area (TPSA) is 58.0 Å². The zero-order valence-electron chi connectivity index (χ0n) is 11.6. The predicted octanol–water partition coefficient (Wildman–Crippen LogP) is 3.20. The van der Waals surface area contributed by atoms with Gasteiger partial charge < -0.3 is 9.84 Å². The molecule has 1 aromatic heterocycles. The normalized spacial score (nSPS) is 22.7. The fourth-order valence-electron chi connectivity index (χ4n) is 2.86. The molecule has 0 saturated carbocycles. The Kier molecular flexibility index (Phi) is 3.82. The summed E-state index contributed by atoms with van der Waals surface area (Å²) in [5, 5.41) is 5.47. The predicted molar refractivity (Wildman–Crippen MR) is 73.5 cm³/mol. The van der Waals surface area contributed by atoms with Gasteiger partial charge in [-0.1, -0.05) is 12.1 Å². The minimum absolute atomic E-state index is 0.0137. The molecule has 0 aliphatic carbocycles. The molecular formula is C15H15F3N2O2. The molecule has 0 bridgehead atoms. The first kappa shape index (κ1) is 14.9. The van der Waals surface area contributed by atoms with E-state index in [2.05, 4.69) is 10.5 Å². The number of aromatic amines is 1. The van der Waals surface area contributed by atoms with Gasteiger partial charge in [0.15, 0.2) is 0 Å². The summed E-state index contributed by atoms with van der Waals surface area (Å²) in [5.41, 5.74) is -0.358. The van der Waals surface area contributed by atoms with Gasteiger partial charge in [-0.3, -0.25) is 4.79 Å². The SMILES string of the molecule is O=c1cc([C@@H]2CCN[C@H](c3cccc(C(F)(F)F)c3)C2)o[nH]1. The maximum Gasteiger partial charge on any atom is 0.416 e. The van der Waals surface area contributed by atoms with Crippen molar-refractivity contribution in [3.8, 4) is 0 Å². The molecule has 1 saturated heterocycles. The van der Waals surface area contributed by atoms with Gasteiger partial charge >= 0.3 is 6.18 Å². The third kappa shape index (κ3) is 3.09. The Morgan fingerprint density at radius 3 is 2.73 bits per heavy atom. The van der Waals surface area contributed by atoms with Gasteiger partial charge in [0.05, 0.1) is 5.56 Å². The van der Waals surface area contributed by atoms with Crippen LogP contribution in [0, 0.1) is 0 Å².